The lowest BCUT2D eigenvalue weighted by Crippen LogP contribution is -2.56. The molecule has 0 aliphatic carbocycles. The highest BCUT2D eigenvalue weighted by molar-refractivity contribution is 5.96. The smallest absolute Gasteiger partial charge is 0.277 e. The number of ether oxygens (including phenoxy) is 2. The average molecular weight is 564 g/mol. The summed E-state index contributed by atoms with van der Waals surface area (Å²) >= 11 is 0. The number of nitrogens with zero attached hydrogens (tertiary/aromatic N) is 3. The fourth-order valence-electron chi connectivity index (χ4n) is 6.05. The van der Waals surface area contributed by atoms with E-state index in [2.05, 4.69) is 43.1 Å². The molecule has 2 bridgehead atoms. The molecule has 6 rings (SSSR count). The summed E-state index contributed by atoms with van der Waals surface area (Å²) in [5, 5.41) is 2.18. The molecule has 42 heavy (non-hydrogen) atoms. The second kappa shape index (κ2) is 12.1. The molecule has 1 amide bonds. The Kier molecular flexibility index (Phi) is 8.00. The van der Waals surface area contributed by atoms with Crippen molar-refractivity contribution in [1.82, 2.24) is 9.58 Å². The molecule has 7 nitrogen and oxygen atoms in total. The van der Waals surface area contributed by atoms with Gasteiger partial charge in [-0.15, -0.1) is 0 Å². The summed E-state index contributed by atoms with van der Waals surface area (Å²) in [4.78, 5) is 29.3. The second-order valence-electron chi connectivity index (χ2n) is 11.1. The van der Waals surface area contributed by atoms with E-state index in [1.165, 1.54) is 6.07 Å². The largest absolute Gasteiger partial charge is 0.493 e. The number of carbonyl (C=O) groups is 1. The van der Waals surface area contributed by atoms with Gasteiger partial charge in [0.15, 0.2) is 11.4 Å². The highest BCUT2D eigenvalue weighted by Crippen LogP contribution is 2.40. The number of aryl methyl sites for hydroxylation is 2. The van der Waals surface area contributed by atoms with E-state index in [4.69, 9.17) is 9.47 Å². The number of aromatic nitrogens is 1. The minimum Gasteiger partial charge on any atom is -0.493 e. The van der Waals surface area contributed by atoms with E-state index < -0.39 is 0 Å². The van der Waals surface area contributed by atoms with Crippen LogP contribution >= 0.6 is 0 Å². The Morgan fingerprint density at radius 2 is 1.60 bits per heavy atom. The number of carbonyl (C=O) groups excluding carboxylic acids is 1. The molecular weight excluding hydrogens is 526 g/mol. The third kappa shape index (κ3) is 5.39. The van der Waals surface area contributed by atoms with Gasteiger partial charge in [0.05, 0.1) is 6.61 Å². The summed E-state index contributed by atoms with van der Waals surface area (Å²) in [5.41, 5.74) is 5.27. The predicted molar refractivity (Wildman–Crippen MR) is 164 cm³/mol. The van der Waals surface area contributed by atoms with Gasteiger partial charge in [-0.2, -0.15) is 0 Å². The molecule has 2 aliphatic rings. The van der Waals surface area contributed by atoms with Crippen LogP contribution in [0.15, 0.2) is 89.9 Å². The van der Waals surface area contributed by atoms with Gasteiger partial charge in [0.1, 0.15) is 25.1 Å². The fraction of sp³-hybridized carbons (Fsp3) is 0.314. The summed E-state index contributed by atoms with van der Waals surface area (Å²) < 4.78 is 14.5. The molecule has 0 saturated heterocycles. The number of hydrogen-bond acceptors (Lipinski definition) is 5. The molecule has 0 radical (unpaired) electrons. The summed E-state index contributed by atoms with van der Waals surface area (Å²) in [6, 6.07) is 25.4. The number of fused-ring (bicyclic) bond motifs is 5. The Hall–Kier alpha value is -4.52. The van der Waals surface area contributed by atoms with E-state index in [-0.39, 0.29) is 35.4 Å². The Morgan fingerprint density at radius 1 is 0.833 bits per heavy atom. The summed E-state index contributed by atoms with van der Waals surface area (Å²) in [6.07, 6.45) is 5.55. The first-order valence-electron chi connectivity index (χ1n) is 14.8. The van der Waals surface area contributed by atoms with Gasteiger partial charge in [0.25, 0.3) is 5.91 Å². The maximum Gasteiger partial charge on any atom is 0.277 e. The SMILES string of the molecule is Cc1ccccc1C1c2c(C)cccc2OCCCCCCN2CN1n1ccc(=O)c(OCc3ccccc3)c1C2=O. The molecule has 0 spiro atoms. The van der Waals surface area contributed by atoms with E-state index in [0.29, 0.717) is 19.8 Å². The Balaban J connectivity index is 1.56. The molecule has 4 aromatic rings. The van der Waals surface area contributed by atoms with Crippen LogP contribution in [0.25, 0.3) is 0 Å². The van der Waals surface area contributed by atoms with E-state index >= 15 is 0 Å². The Labute approximate surface area is 246 Å². The maximum atomic E-state index is 14.2. The molecule has 0 saturated carbocycles. The molecule has 1 atom stereocenters. The zero-order chi connectivity index (χ0) is 29.1. The standard InChI is InChI=1S/C35H37N3O4/c1-25-13-8-9-17-28(25)32-31-26(2)14-12-18-30(31)41-22-11-4-3-10-20-36-24-38(32)37-21-19-29(39)34(33(37)35(36)40)42-23-27-15-6-5-7-16-27/h5-9,12-19,21,32H,3-4,10-11,20,22-24H2,1-2H3. The number of benzene rings is 3. The zero-order valence-electron chi connectivity index (χ0n) is 24.3. The van der Waals surface area contributed by atoms with Gasteiger partial charge in [-0.3, -0.25) is 19.3 Å². The van der Waals surface area contributed by atoms with Crippen LogP contribution < -0.4 is 19.9 Å². The normalized spacial score (nSPS) is 17.2. The van der Waals surface area contributed by atoms with E-state index in [9.17, 15) is 9.59 Å². The van der Waals surface area contributed by atoms with Crippen molar-refractivity contribution in [3.63, 3.8) is 0 Å². The number of pyridine rings is 1. The molecule has 7 heteroatoms. The van der Waals surface area contributed by atoms with Crippen LogP contribution in [-0.4, -0.2) is 35.3 Å². The van der Waals surface area contributed by atoms with Crippen molar-refractivity contribution in [1.29, 1.82) is 0 Å². The molecule has 3 heterocycles. The molecule has 0 N–H and O–H groups in total. The average Bonchev–Trinajstić information content (AvgIpc) is 3.01. The minimum absolute atomic E-state index is 0.0789. The van der Waals surface area contributed by atoms with Crippen LogP contribution in [0.1, 0.15) is 70.0 Å². The first-order chi connectivity index (χ1) is 20.5. The Morgan fingerprint density at radius 3 is 2.43 bits per heavy atom. The number of hydrogen-bond donors (Lipinski definition) is 0. The van der Waals surface area contributed by atoms with Crippen molar-refractivity contribution in [2.24, 2.45) is 0 Å². The molecule has 1 unspecified atom stereocenters. The van der Waals surface area contributed by atoms with Gasteiger partial charge >= 0.3 is 0 Å². The van der Waals surface area contributed by atoms with Crippen molar-refractivity contribution < 1.29 is 14.3 Å². The van der Waals surface area contributed by atoms with Crippen LogP contribution in [0.3, 0.4) is 0 Å². The van der Waals surface area contributed by atoms with Crippen molar-refractivity contribution in [3.8, 4) is 11.5 Å². The summed E-state index contributed by atoms with van der Waals surface area (Å²) in [6.45, 7) is 6.01. The van der Waals surface area contributed by atoms with Gasteiger partial charge in [-0.25, -0.2) is 0 Å². The van der Waals surface area contributed by atoms with Crippen molar-refractivity contribution >= 4 is 5.91 Å². The van der Waals surface area contributed by atoms with Crippen molar-refractivity contribution in [2.45, 2.75) is 52.2 Å². The lowest BCUT2D eigenvalue weighted by atomic mass is 9.90. The number of rotatable bonds is 4. The van der Waals surface area contributed by atoms with Crippen LogP contribution in [0.5, 0.6) is 11.5 Å². The van der Waals surface area contributed by atoms with Gasteiger partial charge in [0.2, 0.25) is 5.43 Å². The molecule has 0 fully saturated rings. The lowest BCUT2D eigenvalue weighted by Gasteiger charge is -2.45. The second-order valence-corrected chi connectivity index (χ2v) is 11.1. The first kappa shape index (κ1) is 27.6. The number of amides is 1. The monoisotopic (exact) mass is 563 g/mol. The van der Waals surface area contributed by atoms with Crippen LogP contribution in [0.2, 0.25) is 0 Å². The Bertz CT molecular complexity index is 1630. The molecular formula is C35H37N3O4. The zero-order valence-corrected chi connectivity index (χ0v) is 24.3. The quantitative estimate of drug-likeness (QED) is 0.299. The highest BCUT2D eigenvalue weighted by atomic mass is 16.5. The molecule has 1 aromatic heterocycles. The summed E-state index contributed by atoms with van der Waals surface area (Å²) in [7, 11) is 0. The van der Waals surface area contributed by atoms with E-state index in [1.54, 1.807) is 6.20 Å². The molecule has 216 valence electrons. The molecule has 2 aliphatic heterocycles. The lowest BCUT2D eigenvalue weighted by molar-refractivity contribution is 0.0673. The van der Waals surface area contributed by atoms with Crippen molar-refractivity contribution in [3.05, 3.63) is 129 Å². The van der Waals surface area contributed by atoms with Gasteiger partial charge in [-0.05, 0) is 55.0 Å². The third-order valence-corrected chi connectivity index (χ3v) is 8.26. The first-order valence-corrected chi connectivity index (χ1v) is 14.8. The van der Waals surface area contributed by atoms with Crippen LogP contribution in [-0.2, 0) is 6.61 Å². The van der Waals surface area contributed by atoms with Gasteiger partial charge in [-0.1, -0.05) is 79.6 Å². The van der Waals surface area contributed by atoms with E-state index in [0.717, 1.165) is 59.3 Å². The fourth-order valence-corrected chi connectivity index (χ4v) is 6.05. The van der Waals surface area contributed by atoms with Gasteiger partial charge < -0.3 is 14.4 Å². The van der Waals surface area contributed by atoms with Crippen molar-refractivity contribution in [2.75, 3.05) is 24.8 Å². The van der Waals surface area contributed by atoms with Crippen LogP contribution in [0.4, 0.5) is 0 Å². The summed E-state index contributed by atoms with van der Waals surface area (Å²) in [5.74, 6) is 0.732. The van der Waals surface area contributed by atoms with E-state index in [1.807, 2.05) is 58.1 Å². The van der Waals surface area contributed by atoms with Gasteiger partial charge in [0, 0.05) is 24.4 Å². The van der Waals surface area contributed by atoms with Crippen LogP contribution in [0, 0.1) is 13.8 Å². The predicted octanol–water partition coefficient (Wildman–Crippen LogP) is 6.14. The topological polar surface area (TPSA) is 64.0 Å². The third-order valence-electron chi connectivity index (χ3n) is 8.26. The highest BCUT2D eigenvalue weighted by Gasteiger charge is 2.38. The molecule has 3 aromatic carbocycles. The maximum absolute atomic E-state index is 14.2. The minimum atomic E-state index is -0.308.